The summed E-state index contributed by atoms with van der Waals surface area (Å²) in [4.78, 5) is 12.8. The minimum atomic E-state index is 0.361. The standard InChI is InChI=1S/C22H28N4/c1-2-4-18-17(3-1)19(26-20(18)21-23-5-6-24-21)13-25-22-10-14-7-15(11-22)9-16(8-14)12-22/h5-6,13-16,25H,1-4,7-12H2,(H,23,24)/b19-13+. The van der Waals surface area contributed by atoms with Crippen LogP contribution in [-0.4, -0.2) is 21.2 Å². The number of aromatic amines is 1. The second-order valence-corrected chi connectivity index (χ2v) is 9.43. The number of hydrogen-bond acceptors (Lipinski definition) is 3. The van der Waals surface area contributed by atoms with E-state index in [1.807, 2.05) is 12.4 Å². The lowest BCUT2D eigenvalue weighted by Crippen LogP contribution is -2.57. The largest absolute Gasteiger partial charge is 0.384 e. The molecule has 1 aromatic rings. The van der Waals surface area contributed by atoms with Crippen LogP contribution in [0.1, 0.15) is 70.0 Å². The van der Waals surface area contributed by atoms with Crippen LogP contribution < -0.4 is 5.32 Å². The van der Waals surface area contributed by atoms with Gasteiger partial charge in [0, 0.05) is 24.1 Å². The van der Waals surface area contributed by atoms with Crippen LogP contribution in [0.4, 0.5) is 0 Å². The molecular formula is C22H28N4. The van der Waals surface area contributed by atoms with Crippen LogP contribution >= 0.6 is 0 Å². The van der Waals surface area contributed by atoms with E-state index in [0.29, 0.717) is 5.54 Å². The predicted molar refractivity (Wildman–Crippen MR) is 103 cm³/mol. The van der Waals surface area contributed by atoms with Gasteiger partial charge < -0.3 is 10.3 Å². The molecule has 7 rings (SSSR count). The second kappa shape index (κ2) is 5.58. The molecule has 0 unspecified atom stereocenters. The minimum absolute atomic E-state index is 0.361. The van der Waals surface area contributed by atoms with Crippen LogP contribution in [0.3, 0.4) is 0 Å². The maximum atomic E-state index is 5.04. The molecule has 0 atom stereocenters. The Hall–Kier alpha value is -1.84. The van der Waals surface area contributed by atoms with Gasteiger partial charge in [-0.15, -0.1) is 0 Å². The summed E-state index contributed by atoms with van der Waals surface area (Å²) in [7, 11) is 0. The molecule has 1 aromatic heterocycles. The molecule has 26 heavy (non-hydrogen) atoms. The smallest absolute Gasteiger partial charge is 0.156 e. The lowest BCUT2D eigenvalue weighted by molar-refractivity contribution is -0.0130. The van der Waals surface area contributed by atoms with E-state index in [1.165, 1.54) is 68.2 Å². The summed E-state index contributed by atoms with van der Waals surface area (Å²) in [5.74, 6) is 3.85. The minimum Gasteiger partial charge on any atom is -0.384 e. The van der Waals surface area contributed by atoms with E-state index in [2.05, 4.69) is 21.5 Å². The summed E-state index contributed by atoms with van der Waals surface area (Å²) in [5, 5.41) is 3.93. The van der Waals surface area contributed by atoms with Crippen molar-refractivity contribution < 1.29 is 0 Å². The molecule has 0 amide bonds. The highest BCUT2D eigenvalue weighted by Crippen LogP contribution is 2.55. The topological polar surface area (TPSA) is 53.1 Å². The first-order chi connectivity index (χ1) is 12.8. The van der Waals surface area contributed by atoms with Gasteiger partial charge in [0.2, 0.25) is 0 Å². The third kappa shape index (κ3) is 2.34. The molecular weight excluding hydrogens is 320 g/mol. The van der Waals surface area contributed by atoms with Gasteiger partial charge in [0.25, 0.3) is 0 Å². The number of nitrogens with one attached hydrogen (secondary N) is 2. The SMILES string of the molecule is C(/NC12CC3CC(CC(C3)C1)C2)=C1\N=C(c2ncc[nH]2)C2=C1CCCC2. The molecule has 2 N–H and O–H groups in total. The zero-order valence-corrected chi connectivity index (χ0v) is 15.4. The Morgan fingerprint density at radius 3 is 2.35 bits per heavy atom. The summed E-state index contributed by atoms with van der Waals surface area (Å²) in [6, 6.07) is 0. The van der Waals surface area contributed by atoms with E-state index in [1.54, 1.807) is 0 Å². The molecule has 4 fully saturated rings. The van der Waals surface area contributed by atoms with Crippen LogP contribution in [0.2, 0.25) is 0 Å². The van der Waals surface area contributed by atoms with Gasteiger partial charge in [0.1, 0.15) is 5.71 Å². The number of aliphatic imine (C=N–C) groups is 1. The Morgan fingerprint density at radius 2 is 1.69 bits per heavy atom. The first-order valence-electron chi connectivity index (χ1n) is 10.6. The molecule has 5 aliphatic carbocycles. The van der Waals surface area contributed by atoms with Crippen molar-refractivity contribution in [2.45, 2.75) is 69.7 Å². The van der Waals surface area contributed by atoms with E-state index in [9.17, 15) is 0 Å². The van der Waals surface area contributed by atoms with Crippen molar-refractivity contribution in [1.29, 1.82) is 0 Å². The maximum Gasteiger partial charge on any atom is 0.156 e. The van der Waals surface area contributed by atoms with Gasteiger partial charge in [-0.25, -0.2) is 9.98 Å². The predicted octanol–water partition coefficient (Wildman–Crippen LogP) is 4.48. The van der Waals surface area contributed by atoms with Crippen molar-refractivity contribution in [1.82, 2.24) is 15.3 Å². The van der Waals surface area contributed by atoms with Crippen molar-refractivity contribution in [2.24, 2.45) is 22.7 Å². The Kier molecular flexibility index (Phi) is 3.27. The second-order valence-electron chi connectivity index (χ2n) is 9.43. The Balaban J connectivity index is 1.32. The highest BCUT2D eigenvalue weighted by molar-refractivity contribution is 6.14. The van der Waals surface area contributed by atoms with Gasteiger partial charge in [-0.3, -0.25) is 0 Å². The highest BCUT2D eigenvalue weighted by Gasteiger charge is 2.50. The number of aromatic nitrogens is 2. The van der Waals surface area contributed by atoms with Crippen LogP contribution in [0.15, 0.2) is 40.4 Å². The third-order valence-electron chi connectivity index (χ3n) is 7.57. The summed E-state index contributed by atoms with van der Waals surface area (Å²) < 4.78 is 0. The fourth-order valence-electron chi connectivity index (χ4n) is 6.92. The fraction of sp³-hybridized carbons (Fsp3) is 0.636. The van der Waals surface area contributed by atoms with Crippen molar-refractivity contribution in [3.05, 3.63) is 41.3 Å². The Morgan fingerprint density at radius 1 is 1.00 bits per heavy atom. The Bertz CT molecular complexity index is 776. The monoisotopic (exact) mass is 348 g/mol. The summed E-state index contributed by atoms with van der Waals surface area (Å²) in [6.45, 7) is 0. The van der Waals surface area contributed by atoms with E-state index in [-0.39, 0.29) is 0 Å². The number of imidazole rings is 1. The van der Waals surface area contributed by atoms with Crippen LogP contribution in [0.25, 0.3) is 0 Å². The number of nitrogens with zero attached hydrogens (tertiary/aromatic N) is 2. The van der Waals surface area contributed by atoms with E-state index in [4.69, 9.17) is 4.99 Å². The van der Waals surface area contributed by atoms with Gasteiger partial charge in [0.05, 0.1) is 5.70 Å². The molecule has 136 valence electrons. The molecule has 4 nitrogen and oxygen atoms in total. The number of hydrogen-bond donors (Lipinski definition) is 2. The first-order valence-corrected chi connectivity index (χ1v) is 10.6. The lowest BCUT2D eigenvalue weighted by Gasteiger charge is -2.57. The molecule has 0 saturated heterocycles. The average molecular weight is 348 g/mol. The van der Waals surface area contributed by atoms with Crippen molar-refractivity contribution >= 4 is 5.71 Å². The molecule has 0 aromatic carbocycles. The fourth-order valence-corrected chi connectivity index (χ4v) is 6.92. The quantitative estimate of drug-likeness (QED) is 0.846. The Labute approximate surface area is 155 Å². The summed E-state index contributed by atoms with van der Waals surface area (Å²) in [5.41, 5.74) is 5.54. The number of allylic oxidation sites excluding steroid dienone is 2. The van der Waals surface area contributed by atoms with Gasteiger partial charge in [0.15, 0.2) is 5.82 Å². The van der Waals surface area contributed by atoms with Crippen molar-refractivity contribution in [2.75, 3.05) is 0 Å². The van der Waals surface area contributed by atoms with Crippen LogP contribution in [0, 0.1) is 17.8 Å². The number of rotatable bonds is 3. The van der Waals surface area contributed by atoms with Gasteiger partial charge in [-0.05, 0) is 93.1 Å². The summed E-state index contributed by atoms with van der Waals surface area (Å²) >= 11 is 0. The molecule has 4 bridgehead atoms. The van der Waals surface area contributed by atoms with E-state index in [0.717, 1.165) is 42.1 Å². The zero-order valence-electron chi connectivity index (χ0n) is 15.4. The molecule has 4 heteroatoms. The summed E-state index contributed by atoms with van der Waals surface area (Å²) in [6.07, 6.45) is 19.5. The molecule has 6 aliphatic rings. The first kappa shape index (κ1) is 15.2. The van der Waals surface area contributed by atoms with Crippen molar-refractivity contribution in [3.63, 3.8) is 0 Å². The maximum absolute atomic E-state index is 5.04. The zero-order chi connectivity index (χ0) is 17.1. The van der Waals surface area contributed by atoms with Gasteiger partial charge in [-0.2, -0.15) is 0 Å². The average Bonchev–Trinajstić information content (AvgIpc) is 3.27. The normalized spacial score (nSPS) is 39.5. The van der Waals surface area contributed by atoms with E-state index >= 15 is 0 Å². The van der Waals surface area contributed by atoms with Crippen LogP contribution in [0.5, 0.6) is 0 Å². The molecule has 4 saturated carbocycles. The van der Waals surface area contributed by atoms with E-state index < -0.39 is 0 Å². The molecule has 0 spiro atoms. The molecule has 1 aliphatic heterocycles. The molecule has 2 heterocycles. The molecule has 0 radical (unpaired) electrons. The highest BCUT2D eigenvalue weighted by atomic mass is 15.0. The van der Waals surface area contributed by atoms with Gasteiger partial charge in [-0.1, -0.05) is 0 Å². The van der Waals surface area contributed by atoms with Crippen molar-refractivity contribution in [3.8, 4) is 0 Å². The van der Waals surface area contributed by atoms with Gasteiger partial charge >= 0.3 is 0 Å². The number of H-pyrrole nitrogens is 1. The lowest BCUT2D eigenvalue weighted by atomic mass is 9.53. The van der Waals surface area contributed by atoms with Crippen LogP contribution in [-0.2, 0) is 0 Å². The third-order valence-corrected chi connectivity index (χ3v) is 7.57.